The monoisotopic (exact) mass is 485 g/mol. The number of likely N-dealkylation sites (N-methyl/N-ethyl adjacent to an activating group) is 2. The van der Waals surface area contributed by atoms with Crippen molar-refractivity contribution in [3.8, 4) is 0 Å². The molecule has 0 aliphatic carbocycles. The van der Waals surface area contributed by atoms with Crippen LogP contribution in [0.25, 0.3) is 0 Å². The van der Waals surface area contributed by atoms with E-state index in [0.717, 1.165) is 9.87 Å². The largest absolute Gasteiger partial charge is 0.357 e. The number of aryl methyl sites for hydroxylation is 1. The van der Waals surface area contributed by atoms with Crippen LogP contribution in [0.4, 0.5) is 0 Å². The fourth-order valence-electron chi connectivity index (χ4n) is 2.90. The molecule has 0 aliphatic heterocycles. The van der Waals surface area contributed by atoms with E-state index in [-0.39, 0.29) is 11.4 Å². The van der Waals surface area contributed by atoms with Gasteiger partial charge in [0.05, 0.1) is 11.4 Å². The van der Waals surface area contributed by atoms with Gasteiger partial charge in [-0.05, 0) is 38.1 Å². The van der Waals surface area contributed by atoms with Crippen molar-refractivity contribution in [2.24, 2.45) is 0 Å². The molecule has 1 N–H and O–H groups in total. The minimum atomic E-state index is -3.89. The van der Waals surface area contributed by atoms with Gasteiger partial charge >= 0.3 is 0 Å². The predicted octanol–water partition coefficient (Wildman–Crippen LogP) is 3.09. The summed E-state index contributed by atoms with van der Waals surface area (Å²) >= 11 is 12.5. The molecule has 2 rings (SSSR count). The Morgan fingerprint density at radius 1 is 1.06 bits per heavy atom. The molecular weight excluding hydrogens is 461 g/mol. The van der Waals surface area contributed by atoms with Crippen LogP contribution >= 0.6 is 23.2 Å². The SMILES string of the molecule is CNC(=O)C(C)N(Cc1c(Cl)cccc1Cl)C(=O)CN(C)S(=O)(=O)c1ccc(C)cc1. The number of nitrogens with one attached hydrogen (secondary N) is 1. The number of hydrogen-bond acceptors (Lipinski definition) is 4. The Kier molecular flexibility index (Phi) is 8.48. The molecular formula is C21H25Cl2N3O4S. The van der Waals surface area contributed by atoms with Crippen LogP contribution in [0.2, 0.25) is 10.0 Å². The normalized spacial score (nSPS) is 12.5. The van der Waals surface area contributed by atoms with Crippen molar-refractivity contribution in [2.75, 3.05) is 20.6 Å². The van der Waals surface area contributed by atoms with Crippen molar-refractivity contribution >= 4 is 45.0 Å². The van der Waals surface area contributed by atoms with E-state index < -0.39 is 34.4 Å². The fourth-order valence-corrected chi connectivity index (χ4v) is 4.54. The smallest absolute Gasteiger partial charge is 0.243 e. The van der Waals surface area contributed by atoms with Gasteiger partial charge in [0.25, 0.3) is 0 Å². The van der Waals surface area contributed by atoms with Crippen LogP contribution < -0.4 is 5.32 Å². The minimum absolute atomic E-state index is 0.0512. The topological polar surface area (TPSA) is 86.8 Å². The minimum Gasteiger partial charge on any atom is -0.357 e. The van der Waals surface area contributed by atoms with E-state index >= 15 is 0 Å². The van der Waals surface area contributed by atoms with Gasteiger partial charge in [-0.2, -0.15) is 4.31 Å². The van der Waals surface area contributed by atoms with Crippen LogP contribution in [0.15, 0.2) is 47.4 Å². The first-order chi connectivity index (χ1) is 14.5. The van der Waals surface area contributed by atoms with Crippen LogP contribution in [0.1, 0.15) is 18.1 Å². The number of rotatable bonds is 8. The van der Waals surface area contributed by atoms with Crippen molar-refractivity contribution in [2.45, 2.75) is 31.3 Å². The van der Waals surface area contributed by atoms with Crippen LogP contribution in [-0.2, 0) is 26.2 Å². The average Bonchev–Trinajstić information content (AvgIpc) is 2.72. The van der Waals surface area contributed by atoms with Gasteiger partial charge in [0.2, 0.25) is 21.8 Å². The lowest BCUT2D eigenvalue weighted by Crippen LogP contribution is -2.50. The number of carbonyl (C=O) groups excluding carboxylic acids is 2. The summed E-state index contributed by atoms with van der Waals surface area (Å²) in [4.78, 5) is 26.7. The number of sulfonamides is 1. The number of benzene rings is 2. The molecule has 0 fully saturated rings. The van der Waals surface area contributed by atoms with Crippen LogP contribution in [0.5, 0.6) is 0 Å². The zero-order chi connectivity index (χ0) is 23.3. The maximum Gasteiger partial charge on any atom is 0.243 e. The van der Waals surface area contributed by atoms with E-state index in [2.05, 4.69) is 5.32 Å². The number of nitrogens with zero attached hydrogens (tertiary/aromatic N) is 2. The molecule has 0 radical (unpaired) electrons. The summed E-state index contributed by atoms with van der Waals surface area (Å²) in [6.45, 7) is 2.89. The lowest BCUT2D eigenvalue weighted by molar-refractivity contribution is -0.140. The van der Waals surface area contributed by atoms with Gasteiger partial charge in [-0.15, -0.1) is 0 Å². The second-order valence-corrected chi connectivity index (χ2v) is 9.95. The molecule has 0 saturated heterocycles. The molecule has 2 aromatic carbocycles. The van der Waals surface area contributed by atoms with E-state index in [1.54, 1.807) is 37.3 Å². The number of halogens is 2. The van der Waals surface area contributed by atoms with Crippen molar-refractivity contribution in [1.82, 2.24) is 14.5 Å². The molecule has 7 nitrogen and oxygen atoms in total. The number of hydrogen-bond donors (Lipinski definition) is 1. The second kappa shape index (κ2) is 10.5. The van der Waals surface area contributed by atoms with E-state index in [9.17, 15) is 18.0 Å². The lowest BCUT2D eigenvalue weighted by Gasteiger charge is -2.30. The third-order valence-corrected chi connectivity index (χ3v) is 7.42. The molecule has 0 heterocycles. The highest BCUT2D eigenvalue weighted by Gasteiger charge is 2.30. The van der Waals surface area contributed by atoms with Crippen molar-refractivity contribution < 1.29 is 18.0 Å². The summed E-state index contributed by atoms with van der Waals surface area (Å²) in [5, 5.41) is 3.18. The van der Waals surface area contributed by atoms with Gasteiger partial charge in [-0.3, -0.25) is 9.59 Å². The first kappa shape index (κ1) is 25.1. The van der Waals surface area contributed by atoms with Gasteiger partial charge in [0.1, 0.15) is 6.04 Å². The summed E-state index contributed by atoms with van der Waals surface area (Å²) in [7, 11) is -1.12. The van der Waals surface area contributed by atoms with Crippen LogP contribution in [-0.4, -0.2) is 56.1 Å². The molecule has 168 valence electrons. The predicted molar refractivity (Wildman–Crippen MR) is 122 cm³/mol. The van der Waals surface area contributed by atoms with Crippen molar-refractivity contribution in [1.29, 1.82) is 0 Å². The summed E-state index contributed by atoms with van der Waals surface area (Å²) in [5.41, 5.74) is 1.39. The molecule has 0 aliphatic rings. The zero-order valence-corrected chi connectivity index (χ0v) is 20.1. The van der Waals surface area contributed by atoms with Crippen LogP contribution in [0.3, 0.4) is 0 Å². The summed E-state index contributed by atoms with van der Waals surface area (Å²) in [6.07, 6.45) is 0. The van der Waals surface area contributed by atoms with Crippen LogP contribution in [0, 0.1) is 6.92 Å². The molecule has 10 heteroatoms. The van der Waals surface area contributed by atoms with Crippen molar-refractivity contribution in [3.63, 3.8) is 0 Å². The Bertz CT molecular complexity index is 1040. The molecule has 0 spiro atoms. The highest BCUT2D eigenvalue weighted by atomic mass is 35.5. The molecule has 31 heavy (non-hydrogen) atoms. The third-order valence-electron chi connectivity index (χ3n) is 4.89. The van der Waals surface area contributed by atoms with E-state index in [4.69, 9.17) is 23.2 Å². The van der Waals surface area contributed by atoms with E-state index in [1.807, 2.05) is 6.92 Å². The maximum atomic E-state index is 13.1. The Hall–Kier alpha value is -2.13. The second-order valence-electron chi connectivity index (χ2n) is 7.09. The zero-order valence-electron chi connectivity index (χ0n) is 17.7. The Morgan fingerprint density at radius 3 is 2.13 bits per heavy atom. The fraction of sp³-hybridized carbons (Fsp3) is 0.333. The molecule has 0 saturated carbocycles. The molecule has 0 bridgehead atoms. The first-order valence-electron chi connectivity index (χ1n) is 9.46. The molecule has 0 aromatic heterocycles. The highest BCUT2D eigenvalue weighted by molar-refractivity contribution is 7.89. The lowest BCUT2D eigenvalue weighted by atomic mass is 10.1. The molecule has 2 amide bonds. The van der Waals surface area contributed by atoms with Gasteiger partial charge in [-0.25, -0.2) is 8.42 Å². The Balaban J connectivity index is 2.32. The Morgan fingerprint density at radius 2 is 1.61 bits per heavy atom. The average molecular weight is 486 g/mol. The van der Waals surface area contributed by atoms with E-state index in [1.165, 1.54) is 31.1 Å². The van der Waals surface area contributed by atoms with Gasteiger partial charge in [0, 0.05) is 36.2 Å². The summed E-state index contributed by atoms with van der Waals surface area (Å²) < 4.78 is 26.7. The first-order valence-corrected chi connectivity index (χ1v) is 11.7. The number of amides is 2. The molecule has 1 atom stereocenters. The molecule has 2 aromatic rings. The van der Waals surface area contributed by atoms with Gasteiger partial charge in [-0.1, -0.05) is 47.0 Å². The quantitative estimate of drug-likeness (QED) is 0.622. The highest BCUT2D eigenvalue weighted by Crippen LogP contribution is 2.27. The molecule has 1 unspecified atom stereocenters. The number of carbonyl (C=O) groups is 2. The summed E-state index contributed by atoms with van der Waals surface area (Å²) in [6, 6.07) is 10.4. The standard InChI is InChI=1S/C21H25Cl2N3O4S/c1-14-8-10-16(11-9-14)31(29,30)25(4)13-20(27)26(15(2)21(28)24-3)12-17-18(22)6-5-7-19(17)23/h5-11,15H,12-13H2,1-4H3,(H,24,28). The van der Waals surface area contributed by atoms with E-state index in [0.29, 0.717) is 15.6 Å². The third kappa shape index (κ3) is 5.98. The maximum absolute atomic E-state index is 13.1. The van der Waals surface area contributed by atoms with Gasteiger partial charge in [0.15, 0.2) is 0 Å². The summed E-state index contributed by atoms with van der Waals surface area (Å²) in [5.74, 6) is -0.967. The Labute approximate surface area is 193 Å². The van der Waals surface area contributed by atoms with Gasteiger partial charge < -0.3 is 10.2 Å². The van der Waals surface area contributed by atoms with Crippen molar-refractivity contribution in [3.05, 3.63) is 63.6 Å².